The van der Waals surface area contributed by atoms with Crippen LogP contribution in [0.3, 0.4) is 0 Å². The second kappa shape index (κ2) is 4.43. The van der Waals surface area contributed by atoms with E-state index in [0.717, 1.165) is 6.42 Å². The van der Waals surface area contributed by atoms with Crippen LogP contribution in [0.25, 0.3) is 0 Å². The molecule has 0 aliphatic heterocycles. The highest BCUT2D eigenvalue weighted by molar-refractivity contribution is 5.37. The van der Waals surface area contributed by atoms with E-state index in [1.54, 1.807) is 0 Å². The van der Waals surface area contributed by atoms with Gasteiger partial charge in [0.1, 0.15) is 0 Å². The summed E-state index contributed by atoms with van der Waals surface area (Å²) >= 11 is 0. The van der Waals surface area contributed by atoms with Crippen molar-refractivity contribution in [3.05, 3.63) is 41.3 Å². The molecule has 1 aromatic rings. The molecule has 1 nitrogen and oxygen atoms in total. The highest BCUT2D eigenvalue weighted by Gasteiger charge is 2.02. The molecule has 0 aromatic heterocycles. The molecule has 1 radical (unpaired) electrons. The summed E-state index contributed by atoms with van der Waals surface area (Å²) in [7, 11) is 0. The van der Waals surface area contributed by atoms with Gasteiger partial charge in [0.25, 0.3) is 0 Å². The summed E-state index contributed by atoms with van der Waals surface area (Å²) in [5, 5.41) is 9.14. The van der Waals surface area contributed by atoms with Gasteiger partial charge in [-0.2, -0.15) is 0 Å². The average molecular weight is 177 g/mol. The van der Waals surface area contributed by atoms with Crippen molar-refractivity contribution in [3.8, 4) is 0 Å². The highest BCUT2D eigenvalue weighted by atomic mass is 16.3. The Morgan fingerprint density at radius 1 is 1.38 bits per heavy atom. The Hall–Kier alpha value is -0.820. The molecule has 0 heterocycles. The highest BCUT2D eigenvalue weighted by Crippen LogP contribution is 2.16. The van der Waals surface area contributed by atoms with Crippen molar-refractivity contribution in [3.63, 3.8) is 0 Å². The second-order valence-electron chi connectivity index (χ2n) is 3.58. The van der Waals surface area contributed by atoms with E-state index in [1.807, 2.05) is 6.92 Å². The Kier molecular flexibility index (Phi) is 3.49. The maximum Gasteiger partial charge on any atom is 0.0518 e. The molecule has 71 valence electrons. The van der Waals surface area contributed by atoms with E-state index in [9.17, 15) is 0 Å². The van der Waals surface area contributed by atoms with Gasteiger partial charge in [0, 0.05) is 0 Å². The van der Waals surface area contributed by atoms with Crippen molar-refractivity contribution < 1.29 is 5.11 Å². The van der Waals surface area contributed by atoms with Gasteiger partial charge in [-0.05, 0) is 50.3 Å². The minimum atomic E-state index is -0.250. The SMILES string of the molecule is Cc1cccc([CH]CC(C)O)c1C. The lowest BCUT2D eigenvalue weighted by Crippen LogP contribution is -2.01. The molecule has 0 bridgehead atoms. The predicted molar refractivity (Wildman–Crippen MR) is 55.6 cm³/mol. The van der Waals surface area contributed by atoms with E-state index < -0.39 is 0 Å². The molecule has 1 atom stereocenters. The van der Waals surface area contributed by atoms with Crippen LogP contribution in [0.15, 0.2) is 18.2 Å². The van der Waals surface area contributed by atoms with Crippen molar-refractivity contribution in [2.45, 2.75) is 33.3 Å². The molecular formula is C12H17O. The Labute approximate surface area is 80.4 Å². The van der Waals surface area contributed by atoms with Gasteiger partial charge in [0.05, 0.1) is 6.10 Å². The number of aliphatic hydroxyl groups excluding tert-OH is 1. The Bertz CT molecular complexity index is 276. The normalized spacial score (nSPS) is 12.9. The molecule has 1 heteroatoms. The summed E-state index contributed by atoms with van der Waals surface area (Å²) in [6.07, 6.45) is 2.57. The summed E-state index contributed by atoms with van der Waals surface area (Å²) in [6, 6.07) is 6.25. The number of benzene rings is 1. The van der Waals surface area contributed by atoms with Crippen LogP contribution >= 0.6 is 0 Å². The molecule has 0 saturated carbocycles. The lowest BCUT2D eigenvalue weighted by atomic mass is 9.99. The molecule has 0 fully saturated rings. The van der Waals surface area contributed by atoms with Crippen LogP contribution in [-0.2, 0) is 0 Å². The fourth-order valence-electron chi connectivity index (χ4n) is 1.29. The van der Waals surface area contributed by atoms with Gasteiger partial charge in [-0.15, -0.1) is 0 Å². The summed E-state index contributed by atoms with van der Waals surface area (Å²) in [4.78, 5) is 0. The van der Waals surface area contributed by atoms with Crippen molar-refractivity contribution in [1.82, 2.24) is 0 Å². The number of hydrogen-bond acceptors (Lipinski definition) is 1. The van der Waals surface area contributed by atoms with E-state index in [0.29, 0.717) is 0 Å². The van der Waals surface area contributed by atoms with Gasteiger partial charge in [-0.25, -0.2) is 0 Å². The molecule has 0 saturated heterocycles. The second-order valence-corrected chi connectivity index (χ2v) is 3.58. The van der Waals surface area contributed by atoms with Gasteiger partial charge in [-0.1, -0.05) is 18.2 Å². The lowest BCUT2D eigenvalue weighted by Gasteiger charge is -2.08. The number of aryl methyl sites for hydroxylation is 1. The molecule has 0 spiro atoms. The largest absolute Gasteiger partial charge is 0.393 e. The third-order valence-electron chi connectivity index (χ3n) is 2.33. The average Bonchev–Trinajstić information content (AvgIpc) is 2.07. The van der Waals surface area contributed by atoms with E-state index in [1.165, 1.54) is 16.7 Å². The molecule has 0 aliphatic carbocycles. The van der Waals surface area contributed by atoms with Crippen molar-refractivity contribution in [1.29, 1.82) is 0 Å². The van der Waals surface area contributed by atoms with E-state index in [4.69, 9.17) is 5.11 Å². The van der Waals surface area contributed by atoms with Gasteiger partial charge < -0.3 is 5.11 Å². The fourth-order valence-corrected chi connectivity index (χ4v) is 1.29. The minimum absolute atomic E-state index is 0.250. The minimum Gasteiger partial charge on any atom is -0.393 e. The predicted octanol–water partition coefficient (Wildman–Crippen LogP) is 2.63. The summed E-state index contributed by atoms with van der Waals surface area (Å²) < 4.78 is 0. The Morgan fingerprint density at radius 3 is 2.69 bits per heavy atom. The quantitative estimate of drug-likeness (QED) is 0.752. The summed E-state index contributed by atoms with van der Waals surface area (Å²) in [5.41, 5.74) is 3.85. The lowest BCUT2D eigenvalue weighted by molar-refractivity contribution is 0.195. The van der Waals surface area contributed by atoms with Crippen molar-refractivity contribution in [2.24, 2.45) is 0 Å². The zero-order valence-corrected chi connectivity index (χ0v) is 8.54. The van der Waals surface area contributed by atoms with Gasteiger partial charge in [-0.3, -0.25) is 0 Å². The molecule has 0 aliphatic rings. The summed E-state index contributed by atoms with van der Waals surface area (Å²) in [6.45, 7) is 6.03. The van der Waals surface area contributed by atoms with Crippen LogP contribution in [0, 0.1) is 20.3 Å². The van der Waals surface area contributed by atoms with Gasteiger partial charge >= 0.3 is 0 Å². The number of hydrogen-bond donors (Lipinski definition) is 1. The monoisotopic (exact) mass is 177 g/mol. The van der Waals surface area contributed by atoms with Crippen molar-refractivity contribution in [2.75, 3.05) is 0 Å². The zero-order valence-electron chi connectivity index (χ0n) is 8.54. The number of aliphatic hydroxyl groups is 1. The van der Waals surface area contributed by atoms with Crippen LogP contribution in [0.2, 0.25) is 0 Å². The third-order valence-corrected chi connectivity index (χ3v) is 2.33. The molecular weight excluding hydrogens is 160 g/mol. The van der Waals surface area contributed by atoms with Crippen LogP contribution in [-0.4, -0.2) is 11.2 Å². The molecule has 13 heavy (non-hydrogen) atoms. The summed E-state index contributed by atoms with van der Waals surface area (Å²) in [5.74, 6) is 0. The Morgan fingerprint density at radius 2 is 2.08 bits per heavy atom. The van der Waals surface area contributed by atoms with E-state index in [2.05, 4.69) is 38.5 Å². The van der Waals surface area contributed by atoms with Crippen molar-refractivity contribution >= 4 is 0 Å². The van der Waals surface area contributed by atoms with Gasteiger partial charge in [0.15, 0.2) is 0 Å². The Balaban J connectivity index is 2.71. The maximum atomic E-state index is 9.14. The zero-order chi connectivity index (χ0) is 9.84. The fraction of sp³-hybridized carbons (Fsp3) is 0.417. The van der Waals surface area contributed by atoms with Crippen LogP contribution < -0.4 is 0 Å². The first-order valence-corrected chi connectivity index (χ1v) is 4.68. The molecule has 1 rings (SSSR count). The van der Waals surface area contributed by atoms with Crippen LogP contribution in [0.5, 0.6) is 0 Å². The first-order chi connectivity index (χ1) is 6.11. The van der Waals surface area contributed by atoms with Gasteiger partial charge in [0.2, 0.25) is 0 Å². The van der Waals surface area contributed by atoms with Crippen LogP contribution in [0.4, 0.5) is 0 Å². The smallest absolute Gasteiger partial charge is 0.0518 e. The van der Waals surface area contributed by atoms with E-state index >= 15 is 0 Å². The molecule has 1 N–H and O–H groups in total. The maximum absolute atomic E-state index is 9.14. The van der Waals surface area contributed by atoms with Crippen LogP contribution in [0.1, 0.15) is 30.0 Å². The number of rotatable bonds is 3. The first kappa shape index (κ1) is 10.3. The molecule has 0 amide bonds. The third kappa shape index (κ3) is 2.85. The van der Waals surface area contributed by atoms with E-state index in [-0.39, 0.29) is 6.10 Å². The topological polar surface area (TPSA) is 20.2 Å². The molecule has 1 unspecified atom stereocenters. The standard InChI is InChI=1S/C12H17O/c1-9-5-4-6-12(11(9)3)8-7-10(2)13/h4-6,8,10,13H,7H2,1-3H3. The molecule has 1 aromatic carbocycles. The first-order valence-electron chi connectivity index (χ1n) is 4.68.